The van der Waals surface area contributed by atoms with Crippen LogP contribution in [-0.2, 0) is 10.3 Å². The predicted octanol–water partition coefficient (Wildman–Crippen LogP) is 6.57. The molecule has 3 aromatic rings. The van der Waals surface area contributed by atoms with Gasteiger partial charge in [-0.2, -0.15) is 0 Å². The number of rotatable bonds is 5. The summed E-state index contributed by atoms with van der Waals surface area (Å²) in [6.45, 7) is 10.1. The number of fused-ring (bicyclic) bond motifs is 6. The first kappa shape index (κ1) is 21.7. The molecule has 1 spiro atoms. The van der Waals surface area contributed by atoms with Gasteiger partial charge in [0.05, 0.1) is 16.3 Å². The number of ether oxygens (including phenoxy) is 2. The maximum Gasteiger partial charge on any atom is 0.340 e. The van der Waals surface area contributed by atoms with Crippen LogP contribution in [0, 0.1) is 0 Å². The third-order valence-electron chi connectivity index (χ3n) is 6.36. The molecule has 0 radical (unpaired) electrons. The molecular weight excluding hydrogens is 436 g/mol. The van der Waals surface area contributed by atoms with Gasteiger partial charge in [0.15, 0.2) is 5.60 Å². The van der Waals surface area contributed by atoms with E-state index in [4.69, 9.17) is 21.1 Å². The molecule has 170 valence electrons. The molecule has 1 N–H and O–H groups in total. The summed E-state index contributed by atoms with van der Waals surface area (Å²) in [5, 5.41) is 3.95. The van der Waals surface area contributed by atoms with Crippen LogP contribution in [0.15, 0.2) is 54.6 Å². The van der Waals surface area contributed by atoms with E-state index in [0.717, 1.165) is 41.2 Å². The van der Waals surface area contributed by atoms with Crippen LogP contribution in [0.4, 0.5) is 11.4 Å². The molecule has 0 aliphatic carbocycles. The smallest absolute Gasteiger partial charge is 0.340 e. The molecule has 0 bridgehead atoms. The van der Waals surface area contributed by atoms with E-state index in [1.807, 2.05) is 48.5 Å². The zero-order chi connectivity index (χ0) is 23.3. The lowest BCUT2D eigenvalue weighted by atomic mass is 9.77. The van der Waals surface area contributed by atoms with Crippen molar-refractivity contribution in [3.05, 3.63) is 81.9 Å². The lowest BCUT2D eigenvalue weighted by Gasteiger charge is -2.37. The minimum absolute atomic E-state index is 0.184. The fourth-order valence-electron chi connectivity index (χ4n) is 4.89. The Kier molecular flexibility index (Phi) is 5.25. The van der Waals surface area contributed by atoms with E-state index < -0.39 is 5.60 Å². The van der Waals surface area contributed by atoms with Crippen molar-refractivity contribution in [3.63, 3.8) is 0 Å². The first-order valence-corrected chi connectivity index (χ1v) is 11.8. The van der Waals surface area contributed by atoms with Gasteiger partial charge in [0.1, 0.15) is 11.5 Å². The van der Waals surface area contributed by atoms with Crippen LogP contribution < -0.4 is 15.0 Å². The number of carbonyl (C=O) groups excluding carboxylic acids is 1. The van der Waals surface area contributed by atoms with E-state index in [1.54, 1.807) is 0 Å². The maximum absolute atomic E-state index is 13.0. The Bertz CT molecular complexity index is 1250. The molecular formula is C27H27ClN2O3. The van der Waals surface area contributed by atoms with Crippen LogP contribution in [0.5, 0.6) is 11.5 Å². The second kappa shape index (κ2) is 7.99. The van der Waals surface area contributed by atoms with Gasteiger partial charge in [-0.1, -0.05) is 29.8 Å². The summed E-state index contributed by atoms with van der Waals surface area (Å²) in [7, 11) is 0. The van der Waals surface area contributed by atoms with Crippen molar-refractivity contribution in [2.24, 2.45) is 0 Å². The minimum Gasteiger partial charge on any atom is -0.456 e. The topological polar surface area (TPSA) is 50.8 Å². The second-order valence-electron chi connectivity index (χ2n) is 8.70. The highest BCUT2D eigenvalue weighted by atomic mass is 35.5. The third-order valence-corrected chi connectivity index (χ3v) is 6.67. The van der Waals surface area contributed by atoms with Gasteiger partial charge < -0.3 is 19.7 Å². The van der Waals surface area contributed by atoms with Crippen molar-refractivity contribution in [2.75, 3.05) is 23.3 Å². The number of nitrogens with one attached hydrogen (secondary N) is 1. The standard InChI is InChI=1S/C27H27ClN2O3/c1-5-30(6-2)17-11-12-20-24(13-17)32-25-15-22(28)23(29-16(3)4)14-21(25)27(20)19-10-8-7-9-18(19)26(31)33-27/h7-16,29H,5-6H2,1-4H3. The molecule has 3 aromatic carbocycles. The second-order valence-corrected chi connectivity index (χ2v) is 9.11. The van der Waals surface area contributed by atoms with Crippen LogP contribution in [0.3, 0.4) is 0 Å². The lowest BCUT2D eigenvalue weighted by molar-refractivity contribution is 0.0224. The Morgan fingerprint density at radius 1 is 0.970 bits per heavy atom. The monoisotopic (exact) mass is 462 g/mol. The Labute approximate surface area is 199 Å². The van der Waals surface area contributed by atoms with Crippen molar-refractivity contribution >= 4 is 28.9 Å². The zero-order valence-corrected chi connectivity index (χ0v) is 20.0. The van der Waals surface area contributed by atoms with Crippen molar-refractivity contribution in [3.8, 4) is 11.5 Å². The minimum atomic E-state index is -1.10. The number of halogens is 1. The average Bonchev–Trinajstić information content (AvgIpc) is 3.09. The number of hydrogen-bond donors (Lipinski definition) is 1. The predicted molar refractivity (Wildman–Crippen MR) is 132 cm³/mol. The number of carbonyl (C=O) groups is 1. The molecule has 2 aliphatic rings. The van der Waals surface area contributed by atoms with Gasteiger partial charge in [-0.25, -0.2) is 4.79 Å². The van der Waals surface area contributed by atoms with Crippen molar-refractivity contribution in [1.82, 2.24) is 0 Å². The number of benzene rings is 3. The van der Waals surface area contributed by atoms with E-state index in [9.17, 15) is 4.79 Å². The Balaban J connectivity index is 1.79. The van der Waals surface area contributed by atoms with Gasteiger partial charge in [-0.05, 0) is 52.0 Å². The van der Waals surface area contributed by atoms with E-state index in [-0.39, 0.29) is 12.0 Å². The summed E-state index contributed by atoms with van der Waals surface area (Å²) in [4.78, 5) is 15.3. The van der Waals surface area contributed by atoms with Crippen LogP contribution in [0.2, 0.25) is 5.02 Å². The number of hydrogen-bond acceptors (Lipinski definition) is 5. The fraction of sp³-hybridized carbons (Fsp3) is 0.296. The van der Waals surface area contributed by atoms with Crippen LogP contribution in [-0.4, -0.2) is 25.1 Å². The van der Waals surface area contributed by atoms with Gasteiger partial charge in [0.2, 0.25) is 0 Å². The van der Waals surface area contributed by atoms with Gasteiger partial charge in [0, 0.05) is 53.6 Å². The molecule has 0 aromatic heterocycles. The molecule has 5 nitrogen and oxygen atoms in total. The lowest BCUT2D eigenvalue weighted by Crippen LogP contribution is -2.33. The average molecular weight is 463 g/mol. The van der Waals surface area contributed by atoms with Gasteiger partial charge in [-0.3, -0.25) is 0 Å². The fourth-order valence-corrected chi connectivity index (χ4v) is 5.10. The summed E-state index contributed by atoms with van der Waals surface area (Å²) < 4.78 is 12.7. The van der Waals surface area contributed by atoms with Crippen molar-refractivity contribution in [1.29, 1.82) is 0 Å². The molecule has 6 heteroatoms. The van der Waals surface area contributed by atoms with Crippen LogP contribution in [0.1, 0.15) is 54.7 Å². The molecule has 1 atom stereocenters. The molecule has 2 aliphatic heterocycles. The number of anilines is 2. The normalized spacial score (nSPS) is 17.8. The van der Waals surface area contributed by atoms with E-state index in [1.165, 1.54) is 0 Å². The highest BCUT2D eigenvalue weighted by Gasteiger charge is 2.53. The largest absolute Gasteiger partial charge is 0.456 e. The van der Waals surface area contributed by atoms with Crippen molar-refractivity contribution in [2.45, 2.75) is 39.3 Å². The molecule has 0 saturated carbocycles. The van der Waals surface area contributed by atoms with Gasteiger partial charge >= 0.3 is 5.97 Å². The SMILES string of the molecule is CCN(CC)c1ccc2c(c1)Oc1cc(Cl)c(NC(C)C)cc1C21OC(=O)c2ccccc21. The number of nitrogens with zero attached hydrogens (tertiary/aromatic N) is 1. The number of esters is 1. The quantitative estimate of drug-likeness (QED) is 0.434. The zero-order valence-electron chi connectivity index (χ0n) is 19.2. The molecule has 0 amide bonds. The first-order valence-electron chi connectivity index (χ1n) is 11.4. The van der Waals surface area contributed by atoms with Crippen LogP contribution >= 0.6 is 11.6 Å². The Hall–Kier alpha value is -3.18. The molecule has 33 heavy (non-hydrogen) atoms. The van der Waals surface area contributed by atoms with Crippen molar-refractivity contribution < 1.29 is 14.3 Å². The van der Waals surface area contributed by atoms with E-state index in [0.29, 0.717) is 22.1 Å². The Morgan fingerprint density at radius 3 is 2.42 bits per heavy atom. The van der Waals surface area contributed by atoms with E-state index >= 15 is 0 Å². The van der Waals surface area contributed by atoms with Gasteiger partial charge in [-0.15, -0.1) is 0 Å². The summed E-state index contributed by atoms with van der Waals surface area (Å²) in [5.41, 5.74) is 3.68. The van der Waals surface area contributed by atoms with Crippen LogP contribution in [0.25, 0.3) is 0 Å². The molecule has 5 rings (SSSR count). The summed E-state index contributed by atoms with van der Waals surface area (Å²) in [6.07, 6.45) is 0. The van der Waals surface area contributed by atoms with E-state index in [2.05, 4.69) is 44.0 Å². The molecule has 0 saturated heterocycles. The summed E-state index contributed by atoms with van der Waals surface area (Å²) in [5.74, 6) is 0.908. The highest BCUT2D eigenvalue weighted by Crippen LogP contribution is 2.57. The maximum atomic E-state index is 13.0. The van der Waals surface area contributed by atoms with Gasteiger partial charge in [0.25, 0.3) is 0 Å². The molecule has 1 unspecified atom stereocenters. The Morgan fingerprint density at radius 2 is 1.70 bits per heavy atom. The first-order chi connectivity index (χ1) is 15.9. The molecule has 2 heterocycles. The highest BCUT2D eigenvalue weighted by molar-refractivity contribution is 6.33. The summed E-state index contributed by atoms with van der Waals surface area (Å²) in [6, 6.07) is 17.6. The summed E-state index contributed by atoms with van der Waals surface area (Å²) >= 11 is 6.62. The third kappa shape index (κ3) is 3.25. The molecule has 0 fully saturated rings.